The number of phenols is 1. The van der Waals surface area contributed by atoms with E-state index in [0.29, 0.717) is 44.2 Å². The first-order valence-electron chi connectivity index (χ1n) is 9.95. The van der Waals surface area contributed by atoms with Crippen molar-refractivity contribution in [3.8, 4) is 11.5 Å². The Hall–Kier alpha value is -3.06. The molecule has 0 aromatic heterocycles. The number of hydrogen-bond acceptors (Lipinski definition) is 6. The van der Waals surface area contributed by atoms with Crippen molar-refractivity contribution in [1.29, 1.82) is 0 Å². The first-order valence-corrected chi connectivity index (χ1v) is 9.95. The number of carbonyl (C=O) groups is 2. The number of piperazine rings is 1. The largest absolute Gasteiger partial charge is 0.506 e. The van der Waals surface area contributed by atoms with Crippen LogP contribution in [-0.2, 0) is 9.59 Å². The summed E-state index contributed by atoms with van der Waals surface area (Å²) >= 11 is 0. The zero-order valence-electron chi connectivity index (χ0n) is 16.5. The van der Waals surface area contributed by atoms with E-state index >= 15 is 0 Å². The minimum atomic E-state index is -0.430. The molecule has 0 spiro atoms. The zero-order valence-corrected chi connectivity index (χ0v) is 16.5. The second-order valence-corrected chi connectivity index (χ2v) is 7.23. The van der Waals surface area contributed by atoms with Crippen LogP contribution in [0, 0.1) is 0 Å². The molecule has 1 atom stereocenters. The predicted octanol–water partition coefficient (Wildman–Crippen LogP) is 2.25. The fraction of sp³-hybridized carbons (Fsp3) is 0.364. The highest BCUT2D eigenvalue weighted by molar-refractivity contribution is 6.22. The van der Waals surface area contributed by atoms with E-state index in [0.717, 1.165) is 5.69 Å². The fourth-order valence-electron chi connectivity index (χ4n) is 4.04. The van der Waals surface area contributed by atoms with Gasteiger partial charge < -0.3 is 14.7 Å². The average Bonchev–Trinajstić information content (AvgIpc) is 3.03. The van der Waals surface area contributed by atoms with Crippen molar-refractivity contribution in [3.05, 3.63) is 48.5 Å². The molecule has 29 heavy (non-hydrogen) atoms. The topological polar surface area (TPSA) is 73.3 Å². The molecule has 0 aliphatic carbocycles. The lowest BCUT2D eigenvalue weighted by Gasteiger charge is -2.38. The molecule has 0 radical (unpaired) electrons. The predicted molar refractivity (Wildman–Crippen MR) is 110 cm³/mol. The number of para-hydroxylation sites is 2. The van der Waals surface area contributed by atoms with E-state index in [1.54, 1.807) is 36.4 Å². The first-order chi connectivity index (χ1) is 14.1. The molecule has 4 rings (SSSR count). The number of hydrogen-bond donors (Lipinski definition) is 1. The lowest BCUT2D eigenvalue weighted by molar-refractivity contribution is -0.123. The Labute approximate surface area is 170 Å². The van der Waals surface area contributed by atoms with Gasteiger partial charge in [0.25, 0.3) is 5.91 Å². The molecule has 0 unspecified atom stereocenters. The Morgan fingerprint density at radius 3 is 2.34 bits per heavy atom. The summed E-state index contributed by atoms with van der Waals surface area (Å²) in [6.45, 7) is 5.18. The number of aromatic hydroxyl groups is 1. The number of nitrogens with zero attached hydrogens (tertiary/aromatic N) is 3. The lowest BCUT2D eigenvalue weighted by Crippen LogP contribution is -2.52. The monoisotopic (exact) mass is 395 g/mol. The summed E-state index contributed by atoms with van der Waals surface area (Å²) in [5.74, 6) is 0.629. The second-order valence-electron chi connectivity index (χ2n) is 7.23. The van der Waals surface area contributed by atoms with Crippen molar-refractivity contribution in [3.63, 3.8) is 0 Å². The molecule has 7 nitrogen and oxygen atoms in total. The molecule has 7 heteroatoms. The smallest absolute Gasteiger partial charge is 0.251 e. The van der Waals surface area contributed by atoms with Crippen LogP contribution in [0.25, 0.3) is 0 Å². The van der Waals surface area contributed by atoms with E-state index in [1.165, 1.54) is 4.90 Å². The minimum Gasteiger partial charge on any atom is -0.506 e. The van der Waals surface area contributed by atoms with Crippen LogP contribution >= 0.6 is 0 Å². The van der Waals surface area contributed by atoms with E-state index in [-0.39, 0.29) is 24.0 Å². The highest BCUT2D eigenvalue weighted by Crippen LogP contribution is 2.30. The Kier molecular flexibility index (Phi) is 5.40. The quantitative estimate of drug-likeness (QED) is 0.783. The van der Waals surface area contributed by atoms with Crippen LogP contribution in [0.4, 0.5) is 11.4 Å². The molecule has 2 aromatic rings. The highest BCUT2D eigenvalue weighted by Gasteiger charge is 2.43. The van der Waals surface area contributed by atoms with E-state index in [2.05, 4.69) is 9.80 Å². The van der Waals surface area contributed by atoms with Gasteiger partial charge in [0, 0.05) is 26.2 Å². The number of phenolic OH excluding ortho intramolecular Hbond substituents is 1. The van der Waals surface area contributed by atoms with E-state index < -0.39 is 6.04 Å². The van der Waals surface area contributed by atoms with Gasteiger partial charge >= 0.3 is 0 Å². The number of ether oxygens (including phenoxy) is 1. The van der Waals surface area contributed by atoms with Gasteiger partial charge in [0.05, 0.1) is 30.4 Å². The summed E-state index contributed by atoms with van der Waals surface area (Å²) in [7, 11) is 0. The summed E-state index contributed by atoms with van der Waals surface area (Å²) in [5, 5.41) is 10.1. The van der Waals surface area contributed by atoms with Crippen molar-refractivity contribution in [2.75, 3.05) is 42.6 Å². The Morgan fingerprint density at radius 2 is 1.69 bits per heavy atom. The molecule has 2 saturated heterocycles. The van der Waals surface area contributed by atoms with Crippen molar-refractivity contribution in [2.24, 2.45) is 0 Å². The maximum absolute atomic E-state index is 13.0. The Bertz CT molecular complexity index is 891. The van der Waals surface area contributed by atoms with E-state index in [4.69, 9.17) is 4.74 Å². The van der Waals surface area contributed by atoms with Gasteiger partial charge in [0.15, 0.2) is 0 Å². The normalized spacial score (nSPS) is 20.4. The minimum absolute atomic E-state index is 0.171. The summed E-state index contributed by atoms with van der Waals surface area (Å²) in [6, 6.07) is 13.9. The SMILES string of the molecule is CCOc1ccc(N2C(=O)C[C@H](N3CCN(c4ccccc4O)CC3)C2=O)cc1. The number of imide groups is 1. The molecule has 2 heterocycles. The molecular weight excluding hydrogens is 370 g/mol. The maximum Gasteiger partial charge on any atom is 0.251 e. The average molecular weight is 395 g/mol. The van der Waals surface area contributed by atoms with Crippen LogP contribution in [0.3, 0.4) is 0 Å². The molecular formula is C22H25N3O4. The third kappa shape index (κ3) is 3.78. The van der Waals surface area contributed by atoms with Gasteiger partial charge in [-0.05, 0) is 43.3 Å². The van der Waals surface area contributed by atoms with Crippen LogP contribution in [0.2, 0.25) is 0 Å². The number of anilines is 2. The summed E-state index contributed by atoms with van der Waals surface area (Å²) in [5.41, 5.74) is 1.38. The van der Waals surface area contributed by atoms with E-state index in [9.17, 15) is 14.7 Å². The number of amides is 2. The molecule has 0 bridgehead atoms. The van der Waals surface area contributed by atoms with Gasteiger partial charge in [-0.25, -0.2) is 4.90 Å². The third-order valence-corrected chi connectivity index (χ3v) is 5.51. The zero-order chi connectivity index (χ0) is 20.4. The van der Waals surface area contributed by atoms with Gasteiger partial charge in [-0.2, -0.15) is 0 Å². The number of rotatable bonds is 5. The summed E-state index contributed by atoms with van der Waals surface area (Å²) in [4.78, 5) is 31.1. The van der Waals surface area contributed by atoms with Crippen molar-refractivity contribution in [1.82, 2.24) is 4.90 Å². The second kappa shape index (κ2) is 8.13. The lowest BCUT2D eigenvalue weighted by atomic mass is 10.1. The number of carbonyl (C=O) groups excluding carboxylic acids is 2. The van der Waals surface area contributed by atoms with Gasteiger partial charge in [0.2, 0.25) is 5.91 Å². The fourth-order valence-corrected chi connectivity index (χ4v) is 4.04. The summed E-state index contributed by atoms with van der Waals surface area (Å²) < 4.78 is 5.43. The van der Waals surface area contributed by atoms with Crippen molar-refractivity contribution >= 4 is 23.2 Å². The van der Waals surface area contributed by atoms with Crippen LogP contribution in [-0.4, -0.2) is 60.6 Å². The van der Waals surface area contributed by atoms with Gasteiger partial charge in [0.1, 0.15) is 11.5 Å². The molecule has 152 valence electrons. The molecule has 2 amide bonds. The van der Waals surface area contributed by atoms with Crippen molar-refractivity contribution < 1.29 is 19.4 Å². The van der Waals surface area contributed by atoms with Gasteiger partial charge in [-0.3, -0.25) is 14.5 Å². The molecule has 2 fully saturated rings. The van der Waals surface area contributed by atoms with E-state index in [1.807, 2.05) is 19.1 Å². The molecule has 1 N–H and O–H groups in total. The first kappa shape index (κ1) is 19.3. The Morgan fingerprint density at radius 1 is 1.00 bits per heavy atom. The molecule has 2 aromatic carbocycles. The van der Waals surface area contributed by atoms with Crippen LogP contribution in [0.5, 0.6) is 11.5 Å². The van der Waals surface area contributed by atoms with Gasteiger partial charge in [-0.15, -0.1) is 0 Å². The van der Waals surface area contributed by atoms with Crippen LogP contribution in [0.15, 0.2) is 48.5 Å². The molecule has 0 saturated carbocycles. The van der Waals surface area contributed by atoms with Gasteiger partial charge in [-0.1, -0.05) is 12.1 Å². The third-order valence-electron chi connectivity index (χ3n) is 5.51. The van der Waals surface area contributed by atoms with Crippen LogP contribution in [0.1, 0.15) is 13.3 Å². The summed E-state index contributed by atoms with van der Waals surface area (Å²) in [6.07, 6.45) is 0.197. The highest BCUT2D eigenvalue weighted by atomic mass is 16.5. The number of benzene rings is 2. The molecule has 2 aliphatic rings. The Balaban J connectivity index is 1.42. The standard InChI is InChI=1S/C22H25N3O4/c1-2-29-17-9-7-16(8-10-17)25-21(27)15-19(22(25)28)24-13-11-23(12-14-24)18-5-3-4-6-20(18)26/h3-10,19,26H,2,11-15H2,1H3/t19-/m0/s1. The van der Waals surface area contributed by atoms with Crippen LogP contribution < -0.4 is 14.5 Å². The van der Waals surface area contributed by atoms with Crippen molar-refractivity contribution in [2.45, 2.75) is 19.4 Å². The molecule has 2 aliphatic heterocycles. The maximum atomic E-state index is 13.0.